The van der Waals surface area contributed by atoms with Crippen LogP contribution in [0.2, 0.25) is 0 Å². The molecule has 1 aromatic rings. The minimum atomic E-state index is -0.914. The highest BCUT2D eigenvalue weighted by Gasteiger charge is 2.28. The van der Waals surface area contributed by atoms with Gasteiger partial charge in [0.25, 0.3) is 0 Å². The number of hydrogen-bond acceptors (Lipinski definition) is 2. The molecule has 0 aliphatic heterocycles. The summed E-state index contributed by atoms with van der Waals surface area (Å²) >= 11 is 0. The number of para-hydroxylation sites is 1. The van der Waals surface area contributed by atoms with Crippen LogP contribution in [-0.4, -0.2) is 12.2 Å². The molecule has 1 aromatic carbocycles. The number of anilines is 1. The first-order valence-electron chi connectivity index (χ1n) is 5.39. The maximum atomic E-state index is 10.6. The third-order valence-corrected chi connectivity index (χ3v) is 2.66. The fraction of sp³-hybridized carbons (Fsp3) is 0.286. The van der Waals surface area contributed by atoms with Gasteiger partial charge in [-0.2, -0.15) is 0 Å². The molecular weight excluding hydrogens is 198 g/mol. The van der Waals surface area contributed by atoms with Crippen LogP contribution in [0.25, 0.3) is 0 Å². The number of benzene rings is 1. The molecule has 86 valence electrons. The van der Waals surface area contributed by atoms with E-state index in [2.05, 4.69) is 18.5 Å². The highest BCUT2D eigenvalue weighted by molar-refractivity contribution is 5.53. The Morgan fingerprint density at radius 2 is 1.81 bits per heavy atom. The van der Waals surface area contributed by atoms with Crippen molar-refractivity contribution in [2.75, 3.05) is 12.4 Å². The number of hydrogen-bond donors (Lipinski definition) is 2. The van der Waals surface area contributed by atoms with E-state index in [0.29, 0.717) is 12.8 Å². The second kappa shape index (κ2) is 5.52. The molecule has 0 saturated carbocycles. The monoisotopic (exact) mass is 217 g/mol. The summed E-state index contributed by atoms with van der Waals surface area (Å²) in [6, 6.07) is 7.75. The summed E-state index contributed by atoms with van der Waals surface area (Å²) in [7, 11) is 1.85. The zero-order valence-corrected chi connectivity index (χ0v) is 9.74. The van der Waals surface area contributed by atoms with E-state index in [9.17, 15) is 5.11 Å². The van der Waals surface area contributed by atoms with E-state index in [-0.39, 0.29) is 0 Å². The molecular formula is C14H19NO. The molecule has 0 atom stereocenters. The maximum absolute atomic E-state index is 10.6. The standard InChI is InChI=1S/C14H19NO/c1-4-10-14(16,11-5-2)12-8-6-7-9-13(12)15-3/h4-9,15-16H,1-2,10-11H2,3H3. The lowest BCUT2D eigenvalue weighted by Gasteiger charge is -2.28. The highest BCUT2D eigenvalue weighted by Crippen LogP contribution is 2.34. The van der Waals surface area contributed by atoms with E-state index in [1.807, 2.05) is 31.3 Å². The molecule has 2 N–H and O–H groups in total. The smallest absolute Gasteiger partial charge is 0.0984 e. The van der Waals surface area contributed by atoms with Gasteiger partial charge in [0.1, 0.15) is 0 Å². The highest BCUT2D eigenvalue weighted by atomic mass is 16.3. The van der Waals surface area contributed by atoms with Crippen molar-refractivity contribution in [2.45, 2.75) is 18.4 Å². The lowest BCUT2D eigenvalue weighted by molar-refractivity contribution is 0.0437. The predicted molar refractivity (Wildman–Crippen MR) is 69.5 cm³/mol. The number of nitrogens with one attached hydrogen (secondary N) is 1. The fourth-order valence-electron chi connectivity index (χ4n) is 1.89. The van der Waals surface area contributed by atoms with Crippen molar-refractivity contribution in [2.24, 2.45) is 0 Å². The molecule has 0 unspecified atom stereocenters. The first-order chi connectivity index (χ1) is 7.68. The zero-order valence-electron chi connectivity index (χ0n) is 9.74. The van der Waals surface area contributed by atoms with Gasteiger partial charge in [-0.1, -0.05) is 30.4 Å². The van der Waals surface area contributed by atoms with Crippen LogP contribution in [0.5, 0.6) is 0 Å². The summed E-state index contributed by atoms with van der Waals surface area (Å²) in [6.45, 7) is 7.39. The van der Waals surface area contributed by atoms with E-state index >= 15 is 0 Å². The Morgan fingerprint density at radius 3 is 2.31 bits per heavy atom. The average molecular weight is 217 g/mol. The summed E-state index contributed by atoms with van der Waals surface area (Å²) in [5.74, 6) is 0. The van der Waals surface area contributed by atoms with Gasteiger partial charge in [0.05, 0.1) is 5.60 Å². The average Bonchev–Trinajstić information content (AvgIpc) is 2.29. The topological polar surface area (TPSA) is 32.3 Å². The van der Waals surface area contributed by atoms with Crippen molar-refractivity contribution in [1.29, 1.82) is 0 Å². The van der Waals surface area contributed by atoms with E-state index in [0.717, 1.165) is 11.3 Å². The Bertz CT molecular complexity index is 361. The third kappa shape index (κ3) is 2.52. The van der Waals surface area contributed by atoms with E-state index in [4.69, 9.17) is 0 Å². The lowest BCUT2D eigenvalue weighted by Crippen LogP contribution is -2.25. The van der Waals surface area contributed by atoms with Gasteiger partial charge in [-0.15, -0.1) is 13.2 Å². The van der Waals surface area contributed by atoms with Gasteiger partial charge >= 0.3 is 0 Å². The molecule has 0 saturated heterocycles. The van der Waals surface area contributed by atoms with Crippen LogP contribution in [0.3, 0.4) is 0 Å². The minimum absolute atomic E-state index is 0.512. The third-order valence-electron chi connectivity index (χ3n) is 2.66. The van der Waals surface area contributed by atoms with Gasteiger partial charge in [-0.25, -0.2) is 0 Å². The van der Waals surface area contributed by atoms with Crippen molar-refractivity contribution in [1.82, 2.24) is 0 Å². The quantitative estimate of drug-likeness (QED) is 0.718. The Balaban J connectivity index is 3.18. The van der Waals surface area contributed by atoms with Crippen molar-refractivity contribution in [3.63, 3.8) is 0 Å². The van der Waals surface area contributed by atoms with Crippen LogP contribution in [-0.2, 0) is 5.60 Å². The molecule has 2 nitrogen and oxygen atoms in total. The van der Waals surface area contributed by atoms with E-state index in [1.165, 1.54) is 0 Å². The predicted octanol–water partition coefficient (Wildman–Crippen LogP) is 3.07. The molecule has 0 fully saturated rings. The van der Waals surface area contributed by atoms with Crippen LogP contribution in [0.1, 0.15) is 18.4 Å². The van der Waals surface area contributed by atoms with Crippen LogP contribution < -0.4 is 5.32 Å². The molecule has 0 aliphatic rings. The zero-order chi connectivity index (χ0) is 12.0. The van der Waals surface area contributed by atoms with Crippen molar-refractivity contribution < 1.29 is 5.11 Å². The summed E-state index contributed by atoms with van der Waals surface area (Å²) in [4.78, 5) is 0. The van der Waals surface area contributed by atoms with Crippen LogP contribution in [0.15, 0.2) is 49.6 Å². The van der Waals surface area contributed by atoms with Crippen molar-refractivity contribution in [3.05, 3.63) is 55.1 Å². The molecule has 2 heteroatoms. The SMILES string of the molecule is C=CCC(O)(CC=C)c1ccccc1NC. The first kappa shape index (κ1) is 12.5. The molecule has 16 heavy (non-hydrogen) atoms. The molecule has 0 radical (unpaired) electrons. The summed E-state index contributed by atoms with van der Waals surface area (Å²) < 4.78 is 0. The fourth-order valence-corrected chi connectivity index (χ4v) is 1.89. The molecule has 0 heterocycles. The molecule has 0 amide bonds. The van der Waals surface area contributed by atoms with E-state index in [1.54, 1.807) is 12.2 Å². The second-order valence-electron chi connectivity index (χ2n) is 3.81. The minimum Gasteiger partial charge on any atom is -0.388 e. The number of aliphatic hydroxyl groups is 1. The van der Waals surface area contributed by atoms with Gasteiger partial charge in [0, 0.05) is 18.3 Å². The molecule has 0 bridgehead atoms. The Labute approximate surface area is 97.3 Å². The Hall–Kier alpha value is -1.54. The molecule has 0 spiro atoms. The van der Waals surface area contributed by atoms with E-state index < -0.39 is 5.60 Å². The Morgan fingerprint density at radius 1 is 1.25 bits per heavy atom. The molecule has 1 rings (SSSR count). The normalized spacial score (nSPS) is 10.9. The molecule has 0 aliphatic carbocycles. The lowest BCUT2D eigenvalue weighted by atomic mass is 9.86. The maximum Gasteiger partial charge on any atom is 0.0984 e. The van der Waals surface area contributed by atoms with Crippen molar-refractivity contribution >= 4 is 5.69 Å². The molecule has 0 aromatic heterocycles. The first-order valence-corrected chi connectivity index (χ1v) is 5.39. The van der Waals surface area contributed by atoms with Gasteiger partial charge in [-0.05, 0) is 18.9 Å². The summed E-state index contributed by atoms with van der Waals surface area (Å²) in [5, 5.41) is 13.7. The van der Waals surface area contributed by atoms with Crippen LogP contribution in [0, 0.1) is 0 Å². The van der Waals surface area contributed by atoms with Crippen molar-refractivity contribution in [3.8, 4) is 0 Å². The van der Waals surface area contributed by atoms with Crippen LogP contribution in [0.4, 0.5) is 5.69 Å². The van der Waals surface area contributed by atoms with Gasteiger partial charge in [0.15, 0.2) is 0 Å². The van der Waals surface area contributed by atoms with Crippen LogP contribution >= 0.6 is 0 Å². The number of rotatable bonds is 6. The van der Waals surface area contributed by atoms with Gasteiger partial charge < -0.3 is 10.4 Å². The summed E-state index contributed by atoms with van der Waals surface area (Å²) in [5.41, 5.74) is 0.911. The van der Waals surface area contributed by atoms with Gasteiger partial charge in [-0.3, -0.25) is 0 Å². The second-order valence-corrected chi connectivity index (χ2v) is 3.81. The van der Waals surface area contributed by atoms with Gasteiger partial charge in [0.2, 0.25) is 0 Å². The Kier molecular flexibility index (Phi) is 4.32. The largest absolute Gasteiger partial charge is 0.388 e. The summed E-state index contributed by atoms with van der Waals surface area (Å²) in [6.07, 6.45) is 4.49.